The molecule has 15 heavy (non-hydrogen) atoms. The lowest BCUT2D eigenvalue weighted by Gasteiger charge is -2.26. The van der Waals surface area contributed by atoms with E-state index < -0.39 is 0 Å². The molecule has 0 radical (unpaired) electrons. The van der Waals surface area contributed by atoms with Gasteiger partial charge in [-0.15, -0.1) is 12.4 Å². The molecule has 2 rings (SSSR count). The predicted octanol–water partition coefficient (Wildman–Crippen LogP) is 0.982. The van der Waals surface area contributed by atoms with E-state index in [0.29, 0.717) is 11.9 Å². The number of nitrogens with zero attached hydrogens (tertiary/aromatic N) is 1. The molecule has 2 atom stereocenters. The molecule has 2 saturated heterocycles. The zero-order chi connectivity index (χ0) is 9.97. The molecule has 0 bridgehead atoms. The highest BCUT2D eigenvalue weighted by Gasteiger charge is 2.30. The molecule has 0 spiro atoms. The summed E-state index contributed by atoms with van der Waals surface area (Å²) in [5, 5.41) is 3.25. The molecule has 1 unspecified atom stereocenters. The zero-order valence-electron chi connectivity index (χ0n) is 9.07. The van der Waals surface area contributed by atoms with Crippen LogP contribution in [0.3, 0.4) is 0 Å². The second kappa shape index (κ2) is 5.97. The van der Waals surface area contributed by atoms with Crippen molar-refractivity contribution in [3.63, 3.8) is 0 Å². The molecule has 2 fully saturated rings. The number of thioether (sulfide) groups is 1. The van der Waals surface area contributed by atoms with Crippen LogP contribution in [0, 0.1) is 5.92 Å². The summed E-state index contributed by atoms with van der Waals surface area (Å²) in [6.45, 7) is 1.88. The van der Waals surface area contributed by atoms with Crippen molar-refractivity contribution in [2.45, 2.75) is 18.9 Å². The number of hydrogen-bond acceptors (Lipinski definition) is 3. The largest absolute Gasteiger partial charge is 0.342 e. The summed E-state index contributed by atoms with van der Waals surface area (Å²) in [4.78, 5) is 14.0. The normalized spacial score (nSPS) is 29.9. The first-order valence-corrected chi connectivity index (χ1v) is 6.49. The minimum atomic E-state index is 0. The van der Waals surface area contributed by atoms with Crippen molar-refractivity contribution in [3.8, 4) is 0 Å². The first kappa shape index (κ1) is 13.1. The van der Waals surface area contributed by atoms with Gasteiger partial charge in [-0.1, -0.05) is 0 Å². The third-order valence-corrected chi connectivity index (χ3v) is 4.36. The molecule has 0 aliphatic carbocycles. The van der Waals surface area contributed by atoms with E-state index in [4.69, 9.17) is 0 Å². The Morgan fingerprint density at radius 2 is 2.27 bits per heavy atom. The van der Waals surface area contributed by atoms with Crippen molar-refractivity contribution in [2.75, 3.05) is 31.6 Å². The van der Waals surface area contributed by atoms with Crippen molar-refractivity contribution >= 4 is 30.1 Å². The maximum absolute atomic E-state index is 12.0. The fourth-order valence-electron chi connectivity index (χ4n) is 2.16. The van der Waals surface area contributed by atoms with Gasteiger partial charge in [0.2, 0.25) is 5.91 Å². The first-order valence-electron chi connectivity index (χ1n) is 5.34. The molecule has 2 aliphatic rings. The van der Waals surface area contributed by atoms with Crippen LogP contribution in [0.15, 0.2) is 0 Å². The lowest BCUT2D eigenvalue weighted by Crippen LogP contribution is -2.41. The molecule has 1 amide bonds. The Balaban J connectivity index is 0.00000112. The lowest BCUT2D eigenvalue weighted by molar-refractivity contribution is -0.135. The average Bonchev–Trinajstić information content (AvgIpc) is 2.87. The lowest BCUT2D eigenvalue weighted by atomic mass is 10.1. The third kappa shape index (κ3) is 3.02. The van der Waals surface area contributed by atoms with Crippen molar-refractivity contribution in [2.24, 2.45) is 5.92 Å². The Kier molecular flexibility index (Phi) is 5.23. The van der Waals surface area contributed by atoms with Crippen molar-refractivity contribution in [1.29, 1.82) is 0 Å². The van der Waals surface area contributed by atoms with Crippen LogP contribution in [0.4, 0.5) is 0 Å². The second-order valence-electron chi connectivity index (χ2n) is 4.16. The fraction of sp³-hybridized carbons (Fsp3) is 0.900. The third-order valence-electron chi connectivity index (χ3n) is 3.21. The first-order chi connectivity index (χ1) is 6.79. The van der Waals surface area contributed by atoms with E-state index in [0.717, 1.165) is 25.3 Å². The maximum atomic E-state index is 12.0. The highest BCUT2D eigenvalue weighted by Crippen LogP contribution is 2.23. The van der Waals surface area contributed by atoms with Crippen LogP contribution in [0.2, 0.25) is 0 Å². The summed E-state index contributed by atoms with van der Waals surface area (Å²) in [6.07, 6.45) is 2.19. The van der Waals surface area contributed by atoms with Gasteiger partial charge in [0.25, 0.3) is 0 Å². The summed E-state index contributed by atoms with van der Waals surface area (Å²) in [7, 11) is 1.97. The summed E-state index contributed by atoms with van der Waals surface area (Å²) < 4.78 is 0. The fourth-order valence-corrected chi connectivity index (χ4v) is 3.43. The van der Waals surface area contributed by atoms with Crippen molar-refractivity contribution in [3.05, 3.63) is 0 Å². The van der Waals surface area contributed by atoms with Gasteiger partial charge in [0, 0.05) is 25.4 Å². The maximum Gasteiger partial charge on any atom is 0.227 e. The minimum absolute atomic E-state index is 0. The molecule has 5 heteroatoms. The van der Waals surface area contributed by atoms with Crippen LogP contribution in [0.1, 0.15) is 12.8 Å². The number of halogens is 1. The Hall–Kier alpha value is 0.0700. The van der Waals surface area contributed by atoms with E-state index in [2.05, 4.69) is 5.32 Å². The van der Waals surface area contributed by atoms with Gasteiger partial charge in [-0.05, 0) is 25.1 Å². The van der Waals surface area contributed by atoms with Crippen molar-refractivity contribution < 1.29 is 4.79 Å². The second-order valence-corrected chi connectivity index (χ2v) is 5.31. The minimum Gasteiger partial charge on any atom is -0.342 e. The van der Waals surface area contributed by atoms with Gasteiger partial charge >= 0.3 is 0 Å². The molecule has 2 heterocycles. The summed E-state index contributed by atoms with van der Waals surface area (Å²) >= 11 is 1.96. The predicted molar refractivity (Wildman–Crippen MR) is 66.7 cm³/mol. The monoisotopic (exact) mass is 250 g/mol. The van der Waals surface area contributed by atoms with Crippen LogP contribution >= 0.6 is 24.2 Å². The smallest absolute Gasteiger partial charge is 0.227 e. The molecule has 0 aromatic rings. The highest BCUT2D eigenvalue weighted by atomic mass is 35.5. The molecule has 0 aromatic carbocycles. The highest BCUT2D eigenvalue weighted by molar-refractivity contribution is 7.99. The Bertz CT molecular complexity index is 215. The number of nitrogens with one attached hydrogen (secondary N) is 1. The van der Waals surface area contributed by atoms with E-state index >= 15 is 0 Å². The zero-order valence-corrected chi connectivity index (χ0v) is 10.7. The quantitative estimate of drug-likeness (QED) is 0.793. The van der Waals surface area contributed by atoms with E-state index in [1.165, 1.54) is 12.2 Å². The molecular weight excluding hydrogens is 232 g/mol. The SMILES string of the molecule is CN(C(=O)[C@@H]1CCNC1)C1CCSC1.Cl. The van der Waals surface area contributed by atoms with Crippen LogP contribution < -0.4 is 5.32 Å². The average molecular weight is 251 g/mol. The van der Waals surface area contributed by atoms with Crippen LogP contribution in [0.25, 0.3) is 0 Å². The molecule has 1 N–H and O–H groups in total. The molecule has 2 aliphatic heterocycles. The molecule has 0 aromatic heterocycles. The standard InChI is InChI=1S/C10H18N2OS.ClH/c1-12(9-3-5-14-7-9)10(13)8-2-4-11-6-8;/h8-9,11H,2-7H2,1H3;1H/t8-,9?;/m1./s1. The van der Waals surface area contributed by atoms with Gasteiger partial charge < -0.3 is 10.2 Å². The molecule has 3 nitrogen and oxygen atoms in total. The Morgan fingerprint density at radius 3 is 2.80 bits per heavy atom. The summed E-state index contributed by atoms with van der Waals surface area (Å²) in [6, 6.07) is 0.494. The van der Waals surface area contributed by atoms with Crippen LogP contribution in [-0.2, 0) is 4.79 Å². The number of amides is 1. The van der Waals surface area contributed by atoms with Gasteiger partial charge in [-0.3, -0.25) is 4.79 Å². The van der Waals surface area contributed by atoms with Gasteiger partial charge in [0.15, 0.2) is 0 Å². The topological polar surface area (TPSA) is 32.3 Å². The van der Waals surface area contributed by atoms with Gasteiger partial charge in [0.1, 0.15) is 0 Å². The molecular formula is C10H19ClN2OS. The van der Waals surface area contributed by atoms with Gasteiger partial charge in [0.05, 0.1) is 5.92 Å². The van der Waals surface area contributed by atoms with E-state index in [-0.39, 0.29) is 18.3 Å². The van der Waals surface area contributed by atoms with Gasteiger partial charge in [-0.25, -0.2) is 0 Å². The van der Waals surface area contributed by atoms with Gasteiger partial charge in [-0.2, -0.15) is 11.8 Å². The molecule has 0 saturated carbocycles. The van der Waals surface area contributed by atoms with E-state index in [1.807, 2.05) is 23.7 Å². The number of carbonyl (C=O) groups excluding carboxylic acids is 1. The van der Waals surface area contributed by atoms with E-state index in [9.17, 15) is 4.79 Å². The summed E-state index contributed by atoms with van der Waals surface area (Å²) in [5.74, 6) is 2.93. The Labute approximate surface area is 102 Å². The van der Waals surface area contributed by atoms with Crippen LogP contribution in [0.5, 0.6) is 0 Å². The number of rotatable bonds is 2. The van der Waals surface area contributed by atoms with E-state index in [1.54, 1.807) is 0 Å². The van der Waals surface area contributed by atoms with Crippen LogP contribution in [-0.4, -0.2) is 48.5 Å². The number of hydrogen-bond donors (Lipinski definition) is 1. The Morgan fingerprint density at radius 1 is 1.47 bits per heavy atom. The molecule has 88 valence electrons. The number of carbonyl (C=O) groups is 1. The summed E-state index contributed by atoms with van der Waals surface area (Å²) in [5.41, 5.74) is 0. The van der Waals surface area contributed by atoms with Crippen molar-refractivity contribution in [1.82, 2.24) is 10.2 Å².